The third-order valence-corrected chi connectivity index (χ3v) is 20.2. The van der Waals surface area contributed by atoms with Crippen molar-refractivity contribution >= 4 is 93.6 Å². The standard InChI is InChI=1S/C83H140N20O14/c1-14-52(12)70(81(115)91-46-67(104)92-53(13)72(106)101-68(50(8)9)83(117)100-65(42-49(6)7)78(112)96-61(34-22-26-38-86)76(110)102-69(51(10)11)82(116)97-63(71(89)105)40-47(2)3)103-77(111)62(35-23-27-39-87)94-74(108)60(33-21-25-37-85)95-80(114)66(43-54-28-16-15-17-29-54)99-79(113)64(41-48(4)5)98-75(109)59(32-20-24-36-84)93-73(107)57(88)44-55-45-90-58-31-19-18-30-56(55)58/h15-19,28-31,45,47-53,57,59-66,68-70,90H,14,20-27,32-44,46,84-88H2,1-13H3,(H2,89,105)(H,91,115)(H,92,104)(H,93,107)(H,94,108)(H,95,114)(H,96,112)(H,97,116)(H,98,109)(H,99,113)(H,100,117)(H,101,106)(H,102,110)(H,103,111)/t52-,53-,57-,59-,60-,61-,62-,63-,64-,65-,66-,68-,69-,70-/m0/s1. The summed E-state index contributed by atoms with van der Waals surface area (Å²) < 4.78 is 0. The number of fused-ring (bicyclic) bond motifs is 1. The number of rotatable bonds is 57. The van der Waals surface area contributed by atoms with Crippen molar-refractivity contribution in [2.45, 2.75) is 284 Å². The van der Waals surface area contributed by atoms with E-state index in [2.05, 4.69) is 74.1 Å². The number of nitrogens with one attached hydrogen (secondary N) is 14. The van der Waals surface area contributed by atoms with Gasteiger partial charge in [0.25, 0.3) is 0 Å². The van der Waals surface area contributed by atoms with Gasteiger partial charge in [0.1, 0.15) is 72.5 Å². The van der Waals surface area contributed by atoms with Crippen LogP contribution in [0.25, 0.3) is 10.9 Å². The molecular weight excluding hydrogens is 1500 g/mol. The Morgan fingerprint density at radius 2 is 0.726 bits per heavy atom. The maximum absolute atomic E-state index is 14.9. The van der Waals surface area contributed by atoms with E-state index < -0.39 is 186 Å². The lowest BCUT2D eigenvalue weighted by Gasteiger charge is -2.29. The number of para-hydroxylation sites is 1. The zero-order chi connectivity index (χ0) is 87.6. The molecule has 3 rings (SSSR count). The Balaban J connectivity index is 1.82. The summed E-state index contributed by atoms with van der Waals surface area (Å²) in [5.74, 6) is -12.1. The molecule has 3 aromatic rings. The van der Waals surface area contributed by atoms with Crippen molar-refractivity contribution in [3.63, 3.8) is 0 Å². The number of H-pyrrole nitrogens is 1. The first-order chi connectivity index (χ1) is 55.4. The van der Waals surface area contributed by atoms with Gasteiger partial charge in [0.2, 0.25) is 82.7 Å². The van der Waals surface area contributed by atoms with E-state index in [1.165, 1.54) is 6.92 Å². The van der Waals surface area contributed by atoms with Crippen LogP contribution < -0.4 is 104 Å². The highest BCUT2D eigenvalue weighted by atomic mass is 16.2. The first-order valence-electron chi connectivity index (χ1n) is 41.8. The summed E-state index contributed by atoms with van der Waals surface area (Å²) in [6.45, 7) is 23.1. The Hall–Kier alpha value is -9.64. The maximum Gasteiger partial charge on any atom is 0.243 e. The monoisotopic (exact) mass is 1640 g/mol. The Kier molecular flexibility index (Phi) is 46.6. The first-order valence-corrected chi connectivity index (χ1v) is 41.8. The molecule has 14 atom stereocenters. The Bertz CT molecular complexity index is 3650. The zero-order valence-electron chi connectivity index (χ0n) is 71.2. The van der Waals surface area contributed by atoms with Crippen LogP contribution in [0.2, 0.25) is 0 Å². The molecule has 0 aliphatic heterocycles. The van der Waals surface area contributed by atoms with E-state index in [1.54, 1.807) is 78.1 Å². The lowest BCUT2D eigenvalue weighted by Crippen LogP contribution is -2.61. The summed E-state index contributed by atoms with van der Waals surface area (Å²) in [5.41, 5.74) is 37.8. The fourth-order valence-electron chi connectivity index (χ4n) is 13.2. The van der Waals surface area contributed by atoms with Crippen molar-refractivity contribution in [1.29, 1.82) is 0 Å². The number of nitrogens with two attached hydrogens (primary N) is 6. The van der Waals surface area contributed by atoms with Gasteiger partial charge in [-0.2, -0.15) is 0 Å². The zero-order valence-corrected chi connectivity index (χ0v) is 71.2. The molecule has 117 heavy (non-hydrogen) atoms. The molecule has 0 unspecified atom stereocenters. The fraction of sp³-hybridized carbons (Fsp3) is 0.663. The molecule has 0 spiro atoms. The summed E-state index contributed by atoms with van der Waals surface area (Å²) in [6, 6.07) is 0.697. The van der Waals surface area contributed by atoms with E-state index in [9.17, 15) is 67.1 Å². The normalized spacial score (nSPS) is 15.1. The predicted molar refractivity (Wildman–Crippen MR) is 450 cm³/mol. The number of carbonyl (C=O) groups is 14. The van der Waals surface area contributed by atoms with Crippen molar-refractivity contribution in [2.24, 2.45) is 69.9 Å². The molecule has 26 N–H and O–H groups in total. The van der Waals surface area contributed by atoms with Gasteiger partial charge >= 0.3 is 0 Å². The van der Waals surface area contributed by atoms with Gasteiger partial charge in [-0.15, -0.1) is 0 Å². The largest absolute Gasteiger partial charge is 0.368 e. The third kappa shape index (κ3) is 36.8. The van der Waals surface area contributed by atoms with Crippen LogP contribution in [-0.4, -0.2) is 199 Å². The molecule has 14 amide bonds. The number of hydrogen-bond donors (Lipinski definition) is 20. The number of aromatic nitrogens is 1. The topological polar surface area (TPSA) is 567 Å². The molecule has 0 saturated carbocycles. The summed E-state index contributed by atoms with van der Waals surface area (Å²) in [6.07, 6.45) is 6.57. The summed E-state index contributed by atoms with van der Waals surface area (Å²) in [7, 11) is 0. The molecule has 0 bridgehead atoms. The van der Waals surface area contributed by atoms with E-state index in [0.29, 0.717) is 76.4 Å². The average molecular weight is 1640 g/mol. The van der Waals surface area contributed by atoms with Crippen LogP contribution in [0.15, 0.2) is 60.8 Å². The van der Waals surface area contributed by atoms with Gasteiger partial charge in [-0.05, 0) is 189 Å². The van der Waals surface area contributed by atoms with Crippen molar-refractivity contribution in [3.8, 4) is 0 Å². The van der Waals surface area contributed by atoms with Gasteiger partial charge in [0.15, 0.2) is 0 Å². The minimum Gasteiger partial charge on any atom is -0.368 e. The maximum atomic E-state index is 14.9. The second-order valence-electron chi connectivity index (χ2n) is 32.6. The number of hydrogen-bond acceptors (Lipinski definition) is 19. The van der Waals surface area contributed by atoms with Crippen LogP contribution in [-0.2, 0) is 80.0 Å². The van der Waals surface area contributed by atoms with Crippen molar-refractivity contribution < 1.29 is 67.1 Å². The van der Waals surface area contributed by atoms with Crippen molar-refractivity contribution in [3.05, 3.63) is 71.9 Å². The first kappa shape index (κ1) is 102. The highest BCUT2D eigenvalue weighted by molar-refractivity contribution is 6.00. The summed E-state index contributed by atoms with van der Waals surface area (Å²) >= 11 is 0. The van der Waals surface area contributed by atoms with Crippen LogP contribution in [0.5, 0.6) is 0 Å². The van der Waals surface area contributed by atoms with Gasteiger partial charge in [-0.25, -0.2) is 0 Å². The van der Waals surface area contributed by atoms with E-state index in [-0.39, 0.29) is 88.6 Å². The number of benzene rings is 2. The number of carbonyl (C=O) groups excluding carboxylic acids is 14. The minimum absolute atomic E-state index is 0.00985. The average Bonchev–Trinajstić information content (AvgIpc) is 1.68. The van der Waals surface area contributed by atoms with E-state index in [0.717, 1.165) is 16.5 Å². The van der Waals surface area contributed by atoms with Crippen molar-refractivity contribution in [2.75, 3.05) is 32.7 Å². The van der Waals surface area contributed by atoms with Gasteiger partial charge < -0.3 is 109 Å². The van der Waals surface area contributed by atoms with E-state index in [1.807, 2.05) is 65.8 Å². The molecule has 1 aromatic heterocycles. The van der Waals surface area contributed by atoms with Gasteiger partial charge in [-0.3, -0.25) is 67.1 Å². The molecule has 0 radical (unpaired) electrons. The Morgan fingerprint density at radius 1 is 0.368 bits per heavy atom. The highest BCUT2D eigenvalue weighted by Gasteiger charge is 2.39. The van der Waals surface area contributed by atoms with Crippen molar-refractivity contribution in [1.82, 2.24) is 74.1 Å². The second-order valence-corrected chi connectivity index (χ2v) is 32.6. The van der Waals surface area contributed by atoms with E-state index >= 15 is 0 Å². The number of primary amides is 1. The SMILES string of the molecule is CC[C@H](C)[C@H](NC(=O)[C@H](CCCCN)NC(=O)[C@H](CCCCN)NC(=O)[C@H](Cc1ccccc1)NC(=O)[C@H](CC(C)C)NC(=O)[C@H](CCCCN)NC(=O)[C@@H](N)Cc1c[nH]c2ccccc12)C(=O)NCC(=O)N[C@@H](C)C(=O)N[C@H](C(=O)N[C@@H](CC(C)C)C(=O)N[C@@H](CCCCN)C(=O)N[C@H](C(=O)N[C@@H](CC(C)C)C(N)=O)C(C)C)C(C)C. The number of amides is 14. The van der Waals surface area contributed by atoms with E-state index in [4.69, 9.17) is 34.4 Å². The lowest BCUT2D eigenvalue weighted by atomic mass is 9.97. The smallest absolute Gasteiger partial charge is 0.243 e. The van der Waals surface area contributed by atoms with Crippen LogP contribution in [0.1, 0.15) is 204 Å². The third-order valence-electron chi connectivity index (χ3n) is 20.2. The number of unbranched alkanes of at least 4 members (excludes halogenated alkanes) is 4. The molecule has 0 saturated heterocycles. The molecule has 34 nitrogen and oxygen atoms in total. The van der Waals surface area contributed by atoms with Crippen LogP contribution in [0.4, 0.5) is 0 Å². The summed E-state index contributed by atoms with van der Waals surface area (Å²) in [5, 5.41) is 36.4. The van der Waals surface area contributed by atoms with Crippen LogP contribution >= 0.6 is 0 Å². The molecular formula is C83H140N20O14. The molecule has 0 aliphatic carbocycles. The lowest BCUT2D eigenvalue weighted by molar-refractivity contribution is -0.136. The molecule has 2 aromatic carbocycles. The van der Waals surface area contributed by atoms with Crippen LogP contribution in [0.3, 0.4) is 0 Å². The second kappa shape index (κ2) is 53.6. The quantitative estimate of drug-likeness (QED) is 0.0346. The van der Waals surface area contributed by atoms with Gasteiger partial charge in [0.05, 0.1) is 12.6 Å². The highest BCUT2D eigenvalue weighted by Crippen LogP contribution is 2.21. The van der Waals surface area contributed by atoms with Gasteiger partial charge in [-0.1, -0.05) is 138 Å². The molecule has 1 heterocycles. The summed E-state index contributed by atoms with van der Waals surface area (Å²) in [4.78, 5) is 200. The Labute approximate surface area is 690 Å². The minimum atomic E-state index is -1.34. The van der Waals surface area contributed by atoms with Crippen LogP contribution in [0, 0.1) is 35.5 Å². The molecule has 656 valence electrons. The molecule has 0 aliphatic rings. The predicted octanol–water partition coefficient (Wildman–Crippen LogP) is 0.732. The molecule has 0 fully saturated rings. The Morgan fingerprint density at radius 3 is 1.15 bits per heavy atom. The molecule has 34 heteroatoms. The fourth-order valence-corrected chi connectivity index (χ4v) is 13.2. The number of aromatic amines is 1. The van der Waals surface area contributed by atoms with Gasteiger partial charge in [0, 0.05) is 23.5 Å².